The van der Waals surface area contributed by atoms with Gasteiger partial charge in [0.25, 0.3) is 11.9 Å². The minimum atomic E-state index is -0.441. The van der Waals surface area contributed by atoms with Gasteiger partial charge < -0.3 is 4.52 Å². The van der Waals surface area contributed by atoms with E-state index in [4.69, 9.17) is 16.1 Å². The summed E-state index contributed by atoms with van der Waals surface area (Å²) in [7, 11) is 0. The summed E-state index contributed by atoms with van der Waals surface area (Å²) >= 11 is 5.73. The fraction of sp³-hybridized carbons (Fsp3) is 0.111. The number of aryl methyl sites for hydroxylation is 1. The summed E-state index contributed by atoms with van der Waals surface area (Å²) in [6.45, 7) is 1.63. The molecule has 2 aromatic rings. The van der Waals surface area contributed by atoms with Gasteiger partial charge in [-0.15, -0.1) is 0 Å². The fourth-order valence-corrected chi connectivity index (χ4v) is 1.20. The number of carbonyl (C=O) groups excluding carboxylic acids is 1. The Morgan fingerprint density at radius 3 is 3.00 bits per heavy atom. The SMILES string of the molecule is Cc1nc(NC(=O)c2cc(Cl)ccn2)no1. The van der Waals surface area contributed by atoms with Crippen LogP contribution in [0.15, 0.2) is 22.9 Å². The lowest BCUT2D eigenvalue weighted by molar-refractivity contribution is 0.102. The molecule has 0 radical (unpaired) electrons. The molecule has 0 aliphatic rings. The molecule has 2 aromatic heterocycles. The van der Waals surface area contributed by atoms with Crippen LogP contribution in [0.25, 0.3) is 0 Å². The molecule has 0 saturated carbocycles. The second kappa shape index (κ2) is 4.28. The Bertz CT molecular complexity index is 526. The summed E-state index contributed by atoms with van der Waals surface area (Å²) < 4.78 is 4.70. The third-order valence-corrected chi connectivity index (χ3v) is 1.94. The smallest absolute Gasteiger partial charge is 0.276 e. The van der Waals surface area contributed by atoms with Crippen molar-refractivity contribution in [1.29, 1.82) is 0 Å². The van der Waals surface area contributed by atoms with Crippen LogP contribution in [0.2, 0.25) is 5.02 Å². The lowest BCUT2D eigenvalue weighted by Gasteiger charge is -1.99. The zero-order valence-electron chi connectivity index (χ0n) is 8.27. The zero-order chi connectivity index (χ0) is 11.5. The number of nitrogens with zero attached hydrogens (tertiary/aromatic N) is 3. The van der Waals surface area contributed by atoms with Crippen molar-refractivity contribution in [2.45, 2.75) is 6.92 Å². The number of aromatic nitrogens is 3. The molecular weight excluding hydrogens is 232 g/mol. The van der Waals surface area contributed by atoms with E-state index < -0.39 is 5.91 Å². The van der Waals surface area contributed by atoms with Gasteiger partial charge in [0.2, 0.25) is 5.89 Å². The highest BCUT2D eigenvalue weighted by molar-refractivity contribution is 6.30. The highest BCUT2D eigenvalue weighted by atomic mass is 35.5. The first kappa shape index (κ1) is 10.6. The van der Waals surface area contributed by atoms with E-state index in [9.17, 15) is 4.79 Å². The number of hydrogen-bond donors (Lipinski definition) is 1. The van der Waals surface area contributed by atoms with Crippen molar-refractivity contribution in [3.05, 3.63) is 34.9 Å². The van der Waals surface area contributed by atoms with E-state index in [0.29, 0.717) is 10.9 Å². The van der Waals surface area contributed by atoms with Crippen LogP contribution >= 0.6 is 11.6 Å². The van der Waals surface area contributed by atoms with Crippen LogP contribution in [0.1, 0.15) is 16.4 Å². The first-order valence-electron chi connectivity index (χ1n) is 4.38. The quantitative estimate of drug-likeness (QED) is 0.861. The first-order valence-corrected chi connectivity index (χ1v) is 4.76. The van der Waals surface area contributed by atoms with E-state index in [0.717, 1.165) is 0 Å². The van der Waals surface area contributed by atoms with Crippen LogP contribution in [-0.4, -0.2) is 21.0 Å². The highest BCUT2D eigenvalue weighted by Gasteiger charge is 2.11. The van der Waals surface area contributed by atoms with Gasteiger partial charge >= 0.3 is 0 Å². The molecule has 0 aromatic carbocycles. The molecule has 0 saturated heterocycles. The number of amides is 1. The summed E-state index contributed by atoms with van der Waals surface area (Å²) in [5.74, 6) is 0.0296. The predicted octanol–water partition coefficient (Wildman–Crippen LogP) is 1.68. The van der Waals surface area contributed by atoms with Crippen LogP contribution in [0.3, 0.4) is 0 Å². The van der Waals surface area contributed by atoms with Crippen LogP contribution in [-0.2, 0) is 0 Å². The minimum Gasteiger partial charge on any atom is -0.338 e. The summed E-state index contributed by atoms with van der Waals surface area (Å²) in [5.41, 5.74) is 0.190. The van der Waals surface area contributed by atoms with E-state index in [2.05, 4.69) is 20.4 Å². The molecule has 2 rings (SSSR count). The first-order chi connectivity index (χ1) is 7.65. The molecule has 0 unspecified atom stereocenters. The molecule has 0 aliphatic heterocycles. The molecular formula is C9H7ClN4O2. The lowest BCUT2D eigenvalue weighted by atomic mass is 10.3. The van der Waals surface area contributed by atoms with Crippen molar-refractivity contribution in [1.82, 2.24) is 15.1 Å². The van der Waals surface area contributed by atoms with E-state index in [1.165, 1.54) is 12.3 Å². The maximum atomic E-state index is 11.6. The predicted molar refractivity (Wildman–Crippen MR) is 56.2 cm³/mol. The second-order valence-corrected chi connectivity index (χ2v) is 3.39. The van der Waals surface area contributed by atoms with Crippen LogP contribution in [0, 0.1) is 6.92 Å². The van der Waals surface area contributed by atoms with Crippen molar-refractivity contribution < 1.29 is 9.32 Å². The maximum absolute atomic E-state index is 11.6. The standard InChI is InChI=1S/C9H7ClN4O2/c1-5-12-9(14-16-5)13-8(15)7-4-6(10)2-3-11-7/h2-4H,1H3,(H,13,14,15). The van der Waals surface area contributed by atoms with Gasteiger partial charge in [0.05, 0.1) is 0 Å². The summed E-state index contributed by atoms with van der Waals surface area (Å²) in [6.07, 6.45) is 1.44. The van der Waals surface area contributed by atoms with Gasteiger partial charge in [-0.1, -0.05) is 11.6 Å². The number of carbonyl (C=O) groups is 1. The molecule has 16 heavy (non-hydrogen) atoms. The molecule has 6 nitrogen and oxygen atoms in total. The van der Waals surface area contributed by atoms with E-state index in [1.54, 1.807) is 13.0 Å². The van der Waals surface area contributed by atoms with Gasteiger partial charge in [-0.25, -0.2) is 0 Å². The maximum Gasteiger partial charge on any atom is 0.276 e. The van der Waals surface area contributed by atoms with Gasteiger partial charge in [0.15, 0.2) is 0 Å². The highest BCUT2D eigenvalue weighted by Crippen LogP contribution is 2.09. The third kappa shape index (κ3) is 2.34. The van der Waals surface area contributed by atoms with Gasteiger partial charge in [0.1, 0.15) is 5.69 Å². The van der Waals surface area contributed by atoms with Crippen molar-refractivity contribution >= 4 is 23.5 Å². The average molecular weight is 239 g/mol. The third-order valence-electron chi connectivity index (χ3n) is 1.71. The Balaban J connectivity index is 2.14. The number of nitrogens with one attached hydrogen (secondary N) is 1. The molecule has 7 heteroatoms. The largest absolute Gasteiger partial charge is 0.338 e. The Kier molecular flexibility index (Phi) is 2.82. The van der Waals surface area contributed by atoms with Crippen LogP contribution in [0.5, 0.6) is 0 Å². The molecule has 0 atom stereocenters. The Hall–Kier alpha value is -1.95. The summed E-state index contributed by atoms with van der Waals surface area (Å²) in [6, 6.07) is 3.03. The van der Waals surface area contributed by atoms with Gasteiger partial charge in [-0.3, -0.25) is 15.1 Å². The summed E-state index contributed by atoms with van der Waals surface area (Å²) in [4.78, 5) is 19.3. The monoisotopic (exact) mass is 238 g/mol. The molecule has 82 valence electrons. The van der Waals surface area contributed by atoms with Gasteiger partial charge in [-0.2, -0.15) is 4.98 Å². The van der Waals surface area contributed by atoms with Crippen molar-refractivity contribution in [3.8, 4) is 0 Å². The number of anilines is 1. The average Bonchev–Trinajstić information content (AvgIpc) is 2.64. The van der Waals surface area contributed by atoms with E-state index >= 15 is 0 Å². The normalized spacial score (nSPS) is 10.1. The molecule has 0 aliphatic carbocycles. The van der Waals surface area contributed by atoms with Crippen LogP contribution < -0.4 is 5.32 Å². The molecule has 0 bridgehead atoms. The number of halogens is 1. The van der Waals surface area contributed by atoms with Crippen LogP contribution in [0.4, 0.5) is 5.95 Å². The Morgan fingerprint density at radius 1 is 1.56 bits per heavy atom. The Morgan fingerprint density at radius 2 is 2.38 bits per heavy atom. The zero-order valence-corrected chi connectivity index (χ0v) is 9.02. The molecule has 2 heterocycles. The van der Waals surface area contributed by atoms with E-state index in [1.807, 2.05) is 0 Å². The topological polar surface area (TPSA) is 80.9 Å². The molecule has 1 amide bonds. The summed E-state index contributed by atoms with van der Waals surface area (Å²) in [5, 5.41) is 6.39. The fourth-order valence-electron chi connectivity index (χ4n) is 1.04. The Labute approximate surface area is 95.6 Å². The molecule has 1 N–H and O–H groups in total. The van der Waals surface area contributed by atoms with Gasteiger partial charge in [0, 0.05) is 18.1 Å². The van der Waals surface area contributed by atoms with Crippen molar-refractivity contribution in [2.75, 3.05) is 5.32 Å². The van der Waals surface area contributed by atoms with Crippen molar-refractivity contribution in [3.63, 3.8) is 0 Å². The molecule has 0 fully saturated rings. The molecule has 0 spiro atoms. The number of rotatable bonds is 2. The lowest BCUT2D eigenvalue weighted by Crippen LogP contribution is -2.14. The second-order valence-electron chi connectivity index (χ2n) is 2.95. The van der Waals surface area contributed by atoms with Gasteiger partial charge in [-0.05, 0) is 17.3 Å². The number of hydrogen-bond acceptors (Lipinski definition) is 5. The van der Waals surface area contributed by atoms with Crippen molar-refractivity contribution in [2.24, 2.45) is 0 Å². The minimum absolute atomic E-state index is 0.101. The van der Waals surface area contributed by atoms with E-state index in [-0.39, 0.29) is 11.6 Å². The number of pyridine rings is 1.